The van der Waals surface area contributed by atoms with Crippen LogP contribution in [0, 0.1) is 6.92 Å². The van der Waals surface area contributed by atoms with E-state index in [4.69, 9.17) is 5.73 Å². The van der Waals surface area contributed by atoms with E-state index in [1.165, 1.54) is 13.2 Å². The van der Waals surface area contributed by atoms with Gasteiger partial charge in [-0.1, -0.05) is 35.0 Å². The quantitative estimate of drug-likeness (QED) is 0.361. The Labute approximate surface area is 146 Å². The maximum atomic E-state index is 13.3. The van der Waals surface area contributed by atoms with Crippen molar-refractivity contribution < 1.29 is 27.9 Å². The van der Waals surface area contributed by atoms with E-state index in [0.29, 0.717) is 5.56 Å². The smallest absolute Gasteiger partial charge is 0.380 e. The minimum absolute atomic E-state index is 0.189. The number of alkyl halides is 3. The summed E-state index contributed by atoms with van der Waals surface area (Å²) >= 11 is 0. The largest absolute Gasteiger partial charge is 0.425 e. The fourth-order valence-corrected chi connectivity index (χ4v) is 2.19. The molecular formula is C16H17F3N4O3. The van der Waals surface area contributed by atoms with Crippen LogP contribution in [-0.4, -0.2) is 32.6 Å². The first-order valence-electron chi connectivity index (χ1n) is 7.42. The molecule has 0 aliphatic rings. The molecule has 0 radical (unpaired) electrons. The average Bonchev–Trinajstić information content (AvgIpc) is 2.98. The van der Waals surface area contributed by atoms with Gasteiger partial charge in [0, 0.05) is 25.0 Å². The highest BCUT2D eigenvalue weighted by Gasteiger charge is 2.59. The number of carbonyl (C=O) groups excluding carboxylic acids is 1. The van der Waals surface area contributed by atoms with E-state index in [0.717, 1.165) is 16.3 Å². The molecule has 3 N–H and O–H groups in total. The van der Waals surface area contributed by atoms with Gasteiger partial charge in [0.2, 0.25) is 5.60 Å². The molecule has 1 heterocycles. The number of rotatable bonds is 5. The first-order valence-corrected chi connectivity index (χ1v) is 7.42. The summed E-state index contributed by atoms with van der Waals surface area (Å²) in [4.78, 5) is 19.7. The number of halogens is 3. The lowest BCUT2D eigenvalue weighted by molar-refractivity contribution is -0.273. The van der Waals surface area contributed by atoms with Gasteiger partial charge in [-0.05, 0) is 6.92 Å². The van der Waals surface area contributed by atoms with Gasteiger partial charge < -0.3 is 20.2 Å². The van der Waals surface area contributed by atoms with Gasteiger partial charge in [0.25, 0.3) is 0 Å². The summed E-state index contributed by atoms with van der Waals surface area (Å²) in [5, 5.41) is 13.4. The molecule has 0 spiro atoms. The van der Waals surface area contributed by atoms with Crippen molar-refractivity contribution in [1.29, 1.82) is 0 Å². The van der Waals surface area contributed by atoms with Gasteiger partial charge in [0.1, 0.15) is 0 Å². The van der Waals surface area contributed by atoms with Gasteiger partial charge in [-0.3, -0.25) is 0 Å². The van der Waals surface area contributed by atoms with Gasteiger partial charge in [0.05, 0.1) is 6.42 Å². The zero-order chi connectivity index (χ0) is 19.5. The molecule has 1 atom stereocenters. The molecule has 0 fully saturated rings. The number of imidazole rings is 1. The van der Waals surface area contributed by atoms with Crippen LogP contribution in [0.5, 0.6) is 0 Å². The molecular weight excluding hydrogens is 353 g/mol. The molecule has 0 saturated heterocycles. The van der Waals surface area contributed by atoms with Gasteiger partial charge in [-0.2, -0.15) is 13.2 Å². The molecule has 1 aromatic heterocycles. The number of hydrogen-bond acceptors (Lipinski definition) is 5. The van der Waals surface area contributed by atoms with Crippen molar-refractivity contribution in [3.8, 4) is 0 Å². The molecule has 0 amide bonds. The second-order valence-corrected chi connectivity index (χ2v) is 5.70. The Hall–Kier alpha value is -2.88. The lowest BCUT2D eigenvalue weighted by Gasteiger charge is -2.28. The van der Waals surface area contributed by atoms with E-state index in [1.54, 1.807) is 24.3 Å². The Balaban J connectivity index is 2.17. The van der Waals surface area contributed by atoms with Crippen LogP contribution in [0.15, 0.2) is 41.8 Å². The standard InChI is InChI=1S/C16H17F3N4O3/c1-10-3-5-11(6-4-10)13(20)22-26-12(24)9-15(25,16(17,18)19)14-21-7-8-23(14)2/h3-8,25H,9H2,1-2H3,(H2,20,22). The fraction of sp³-hybridized carbons (Fsp3) is 0.312. The number of aromatic nitrogens is 2. The van der Waals surface area contributed by atoms with Gasteiger partial charge in [-0.15, -0.1) is 0 Å². The predicted molar refractivity (Wildman–Crippen MR) is 85.8 cm³/mol. The molecule has 0 saturated carbocycles. The number of aryl methyl sites for hydroxylation is 2. The zero-order valence-corrected chi connectivity index (χ0v) is 14.0. The van der Waals surface area contributed by atoms with Crippen LogP contribution in [0.25, 0.3) is 0 Å². The fourth-order valence-electron chi connectivity index (χ4n) is 2.19. The third-order valence-corrected chi connectivity index (χ3v) is 3.65. The Morgan fingerprint density at radius 2 is 1.96 bits per heavy atom. The van der Waals surface area contributed by atoms with Crippen molar-refractivity contribution in [2.45, 2.75) is 25.1 Å². The molecule has 2 aromatic rings. The Bertz CT molecular complexity index is 815. The minimum atomic E-state index is -5.16. The number of nitrogens with zero attached hydrogens (tertiary/aromatic N) is 3. The summed E-state index contributed by atoms with van der Waals surface area (Å²) in [6, 6.07) is 6.70. The summed E-state index contributed by atoms with van der Waals surface area (Å²) < 4.78 is 41.0. The highest BCUT2D eigenvalue weighted by molar-refractivity contribution is 5.97. The van der Waals surface area contributed by atoms with E-state index >= 15 is 0 Å². The minimum Gasteiger partial charge on any atom is -0.380 e. The van der Waals surface area contributed by atoms with E-state index in [2.05, 4.69) is 15.0 Å². The normalized spacial score (nSPS) is 14.8. The van der Waals surface area contributed by atoms with Crippen molar-refractivity contribution in [1.82, 2.24) is 9.55 Å². The van der Waals surface area contributed by atoms with Crippen molar-refractivity contribution >= 4 is 11.8 Å². The monoisotopic (exact) mass is 370 g/mol. The lowest BCUT2D eigenvalue weighted by atomic mass is 9.98. The van der Waals surface area contributed by atoms with Gasteiger partial charge in [-0.25, -0.2) is 9.78 Å². The van der Waals surface area contributed by atoms with Crippen LogP contribution in [0.4, 0.5) is 13.2 Å². The zero-order valence-electron chi connectivity index (χ0n) is 14.0. The SMILES string of the molecule is Cc1ccc(C(N)=NOC(=O)CC(O)(c2nccn2C)C(F)(F)F)cc1. The number of aliphatic hydroxyl groups is 1. The second kappa shape index (κ2) is 7.16. The Morgan fingerprint density at radius 1 is 1.35 bits per heavy atom. The summed E-state index contributed by atoms with van der Waals surface area (Å²) in [6.07, 6.45) is -4.29. The highest BCUT2D eigenvalue weighted by atomic mass is 19.4. The molecule has 2 rings (SSSR count). The Morgan fingerprint density at radius 3 is 2.46 bits per heavy atom. The number of hydrogen-bond donors (Lipinski definition) is 2. The molecule has 10 heteroatoms. The molecule has 26 heavy (non-hydrogen) atoms. The van der Waals surface area contributed by atoms with Crippen molar-refractivity contribution in [3.05, 3.63) is 53.6 Å². The molecule has 140 valence electrons. The first kappa shape index (κ1) is 19.4. The van der Waals surface area contributed by atoms with E-state index in [-0.39, 0.29) is 5.84 Å². The van der Waals surface area contributed by atoms with Gasteiger partial charge in [0.15, 0.2) is 11.7 Å². The molecule has 0 aliphatic heterocycles. The summed E-state index contributed by atoms with van der Waals surface area (Å²) in [7, 11) is 1.26. The van der Waals surface area contributed by atoms with Crippen LogP contribution in [0.1, 0.15) is 23.4 Å². The van der Waals surface area contributed by atoms with Crippen LogP contribution in [0.2, 0.25) is 0 Å². The van der Waals surface area contributed by atoms with Crippen LogP contribution in [-0.2, 0) is 22.3 Å². The molecule has 0 bridgehead atoms. The summed E-state index contributed by atoms with van der Waals surface area (Å²) in [5.74, 6) is -2.34. The van der Waals surface area contributed by atoms with E-state index < -0.39 is 30.0 Å². The van der Waals surface area contributed by atoms with Crippen LogP contribution >= 0.6 is 0 Å². The van der Waals surface area contributed by atoms with Crippen LogP contribution in [0.3, 0.4) is 0 Å². The topological polar surface area (TPSA) is 103 Å². The van der Waals surface area contributed by atoms with Crippen molar-refractivity contribution in [2.24, 2.45) is 17.9 Å². The van der Waals surface area contributed by atoms with Crippen molar-refractivity contribution in [3.63, 3.8) is 0 Å². The summed E-state index contributed by atoms with van der Waals surface area (Å²) in [6.45, 7) is 1.85. The molecule has 1 aromatic carbocycles. The van der Waals surface area contributed by atoms with E-state index in [1.807, 2.05) is 6.92 Å². The molecule has 7 nitrogen and oxygen atoms in total. The highest BCUT2D eigenvalue weighted by Crippen LogP contribution is 2.40. The molecule has 0 aliphatic carbocycles. The third kappa shape index (κ3) is 4.02. The van der Waals surface area contributed by atoms with E-state index in [9.17, 15) is 23.1 Å². The molecule has 1 unspecified atom stereocenters. The number of carbonyl (C=O) groups is 1. The third-order valence-electron chi connectivity index (χ3n) is 3.65. The predicted octanol–water partition coefficient (Wildman–Crippen LogP) is 1.73. The maximum Gasteiger partial charge on any atom is 0.425 e. The number of nitrogens with two attached hydrogens (primary N) is 1. The number of amidine groups is 1. The second-order valence-electron chi connectivity index (χ2n) is 5.70. The van der Waals surface area contributed by atoms with Crippen LogP contribution < -0.4 is 5.73 Å². The first-order chi connectivity index (χ1) is 12.0. The van der Waals surface area contributed by atoms with Crippen molar-refractivity contribution in [2.75, 3.05) is 0 Å². The maximum absolute atomic E-state index is 13.3. The van der Waals surface area contributed by atoms with Gasteiger partial charge >= 0.3 is 12.1 Å². The Kier molecular flexibility index (Phi) is 5.36. The summed E-state index contributed by atoms with van der Waals surface area (Å²) in [5.41, 5.74) is 3.51. The lowest BCUT2D eigenvalue weighted by Crippen LogP contribution is -2.46. The number of oxime groups is 1. The number of benzene rings is 1. The average molecular weight is 370 g/mol.